The fourth-order valence-corrected chi connectivity index (χ4v) is 4.99. The molecule has 3 atom stereocenters. The molecule has 152 valence electrons. The maximum atomic E-state index is 13.8. The lowest BCUT2D eigenvalue weighted by atomic mass is 10.0. The van der Waals surface area contributed by atoms with Gasteiger partial charge in [-0.1, -0.05) is 17.7 Å². The Morgan fingerprint density at radius 3 is 2.82 bits per heavy atom. The molecule has 0 aliphatic carbocycles. The van der Waals surface area contributed by atoms with Crippen molar-refractivity contribution in [2.45, 2.75) is 56.9 Å². The molecule has 0 radical (unpaired) electrons. The molecular weight excluding hydrogens is 413 g/mol. The lowest BCUT2D eigenvalue weighted by Crippen LogP contribution is -2.42. The molecule has 0 spiro atoms. The van der Waals surface area contributed by atoms with E-state index in [0.717, 1.165) is 28.8 Å². The van der Waals surface area contributed by atoms with Gasteiger partial charge >= 0.3 is 6.18 Å². The van der Waals surface area contributed by atoms with Crippen LogP contribution in [0.2, 0.25) is 5.02 Å². The van der Waals surface area contributed by atoms with Crippen LogP contribution in [0.4, 0.5) is 19.0 Å². The van der Waals surface area contributed by atoms with Crippen LogP contribution in [0.5, 0.6) is 0 Å². The number of piperidine rings is 1. The van der Waals surface area contributed by atoms with Crippen molar-refractivity contribution in [1.82, 2.24) is 14.7 Å². The molecule has 0 aromatic carbocycles. The van der Waals surface area contributed by atoms with Gasteiger partial charge in [-0.25, -0.2) is 4.68 Å². The zero-order chi connectivity index (χ0) is 20.1. The van der Waals surface area contributed by atoms with E-state index in [1.807, 2.05) is 12.3 Å². The van der Waals surface area contributed by atoms with Crippen molar-refractivity contribution in [3.05, 3.63) is 33.1 Å². The first-order chi connectivity index (χ1) is 13.3. The van der Waals surface area contributed by atoms with Crippen LogP contribution >= 0.6 is 22.9 Å². The molecule has 1 fully saturated rings. The molecule has 1 N–H and O–H groups in total. The van der Waals surface area contributed by atoms with E-state index in [1.54, 1.807) is 17.0 Å². The molecule has 28 heavy (non-hydrogen) atoms. The molecule has 0 saturated carbocycles. The number of thiophene rings is 1. The molecule has 2 aromatic heterocycles. The van der Waals surface area contributed by atoms with Crippen LogP contribution in [-0.4, -0.2) is 39.4 Å². The minimum Gasteiger partial charge on any atom is -0.361 e. The summed E-state index contributed by atoms with van der Waals surface area (Å²) in [5.41, 5.74) is -0.112. The Morgan fingerprint density at radius 1 is 1.39 bits per heavy atom. The van der Waals surface area contributed by atoms with E-state index in [2.05, 4.69) is 10.4 Å². The van der Waals surface area contributed by atoms with Crippen molar-refractivity contribution in [3.8, 4) is 0 Å². The molecule has 2 aliphatic heterocycles. The molecule has 0 bridgehead atoms. The predicted molar refractivity (Wildman–Crippen MR) is 102 cm³/mol. The lowest BCUT2D eigenvalue weighted by Gasteiger charge is -2.33. The zero-order valence-corrected chi connectivity index (χ0v) is 16.7. The molecule has 2 aliphatic rings. The Labute approximate surface area is 169 Å². The monoisotopic (exact) mass is 432 g/mol. The largest absolute Gasteiger partial charge is 0.410 e. The van der Waals surface area contributed by atoms with Crippen LogP contribution in [0.15, 0.2) is 17.5 Å². The molecule has 1 amide bonds. The number of nitrogens with zero attached hydrogens (tertiary/aromatic N) is 3. The maximum Gasteiger partial charge on any atom is 0.410 e. The number of hydrogen-bond donors (Lipinski definition) is 1. The summed E-state index contributed by atoms with van der Waals surface area (Å²) in [6.45, 7) is 2.50. The van der Waals surface area contributed by atoms with Gasteiger partial charge in [-0.3, -0.25) is 4.79 Å². The molecule has 4 rings (SSSR count). The van der Waals surface area contributed by atoms with E-state index >= 15 is 0 Å². The van der Waals surface area contributed by atoms with Crippen LogP contribution in [0.1, 0.15) is 60.1 Å². The number of rotatable bonds is 2. The number of likely N-dealkylation sites (tertiary alicyclic amines) is 1. The second-order valence-electron chi connectivity index (χ2n) is 7.30. The summed E-state index contributed by atoms with van der Waals surface area (Å²) in [4.78, 5) is 15.4. The topological polar surface area (TPSA) is 50.2 Å². The first-order valence-corrected chi connectivity index (χ1v) is 10.5. The van der Waals surface area contributed by atoms with Crippen molar-refractivity contribution in [1.29, 1.82) is 0 Å². The van der Waals surface area contributed by atoms with Crippen LogP contribution in [0.3, 0.4) is 0 Å². The first-order valence-electron chi connectivity index (χ1n) is 9.23. The van der Waals surface area contributed by atoms with Gasteiger partial charge in [-0.2, -0.15) is 18.3 Å². The van der Waals surface area contributed by atoms with Gasteiger partial charge < -0.3 is 10.2 Å². The normalized spacial score (nSPS) is 25.3. The molecule has 10 heteroatoms. The Bertz CT molecular complexity index is 867. The molecule has 0 unspecified atom stereocenters. The highest BCUT2D eigenvalue weighted by molar-refractivity contribution is 7.10. The van der Waals surface area contributed by atoms with E-state index in [4.69, 9.17) is 11.6 Å². The van der Waals surface area contributed by atoms with Crippen LogP contribution in [-0.2, 0) is 0 Å². The fraction of sp³-hybridized carbons (Fsp3) is 0.556. The van der Waals surface area contributed by atoms with Gasteiger partial charge in [0.2, 0.25) is 0 Å². The smallest absolute Gasteiger partial charge is 0.361 e. The summed E-state index contributed by atoms with van der Waals surface area (Å²) < 4.78 is 42.2. The number of carbonyl (C=O) groups excluding carboxylic acids is 1. The fourth-order valence-electron chi connectivity index (χ4n) is 3.94. The minimum atomic E-state index is -4.50. The number of hydrogen-bond acceptors (Lipinski definition) is 4. The summed E-state index contributed by atoms with van der Waals surface area (Å²) in [7, 11) is 0. The summed E-state index contributed by atoms with van der Waals surface area (Å²) >= 11 is 7.77. The van der Waals surface area contributed by atoms with Crippen molar-refractivity contribution in [2.75, 3.05) is 11.9 Å². The van der Waals surface area contributed by atoms with Gasteiger partial charge in [-0.05, 0) is 37.6 Å². The number of halogens is 4. The Morgan fingerprint density at radius 2 is 2.18 bits per heavy atom. The lowest BCUT2D eigenvalue weighted by molar-refractivity contribution is -0.173. The average molecular weight is 433 g/mol. The molecule has 5 nitrogen and oxygen atoms in total. The van der Waals surface area contributed by atoms with Crippen molar-refractivity contribution >= 4 is 34.7 Å². The number of anilines is 1. The van der Waals surface area contributed by atoms with Gasteiger partial charge in [-0.15, -0.1) is 11.3 Å². The highest BCUT2D eigenvalue weighted by Crippen LogP contribution is 2.47. The number of fused-ring (bicyclic) bond motifs is 1. The second-order valence-corrected chi connectivity index (χ2v) is 8.66. The average Bonchev–Trinajstić information content (AvgIpc) is 3.29. The summed E-state index contributed by atoms with van der Waals surface area (Å²) in [5, 5.41) is 8.88. The van der Waals surface area contributed by atoms with Gasteiger partial charge in [0, 0.05) is 23.9 Å². The SMILES string of the molecule is C[C@H]1CCCCN1C(=O)c1nn2c(c1Cl)N[C@@H](c1cccs1)C[C@@H]2C(F)(F)F. The summed E-state index contributed by atoms with van der Waals surface area (Å²) in [6.07, 6.45) is -1.95. The highest BCUT2D eigenvalue weighted by atomic mass is 35.5. The molecule has 4 heterocycles. The Hall–Kier alpha value is -1.74. The van der Waals surface area contributed by atoms with Crippen molar-refractivity contribution < 1.29 is 18.0 Å². The third kappa shape index (κ3) is 3.39. The van der Waals surface area contributed by atoms with Crippen molar-refractivity contribution in [3.63, 3.8) is 0 Å². The maximum absolute atomic E-state index is 13.8. The second kappa shape index (κ2) is 7.26. The number of amides is 1. The summed E-state index contributed by atoms with van der Waals surface area (Å²) in [6, 6.07) is 1.22. The quantitative estimate of drug-likeness (QED) is 0.703. The van der Waals surface area contributed by atoms with Crippen LogP contribution < -0.4 is 5.32 Å². The van der Waals surface area contributed by atoms with Gasteiger partial charge in [0.15, 0.2) is 11.7 Å². The van der Waals surface area contributed by atoms with Crippen LogP contribution in [0, 0.1) is 0 Å². The van der Waals surface area contributed by atoms with E-state index in [0.29, 0.717) is 6.54 Å². The van der Waals surface area contributed by atoms with Crippen molar-refractivity contribution in [2.24, 2.45) is 0 Å². The number of alkyl halides is 3. The number of aromatic nitrogens is 2. The standard InChI is InChI=1S/C18H20ClF3N4OS/c1-10-5-2-3-7-25(10)17(27)15-14(19)16-23-11(12-6-4-8-28-12)9-13(18(20,21)22)26(16)24-15/h4,6,8,10-11,13,23H,2-3,5,7,9H2,1H3/t10-,11+,13+/m0/s1. The van der Waals surface area contributed by atoms with E-state index in [9.17, 15) is 18.0 Å². The van der Waals surface area contributed by atoms with Gasteiger partial charge in [0.1, 0.15) is 10.8 Å². The minimum absolute atomic E-state index is 0.0151. The summed E-state index contributed by atoms with van der Waals surface area (Å²) in [5.74, 6) is -0.351. The molecule has 1 saturated heterocycles. The molecular formula is C18H20ClF3N4OS. The van der Waals surface area contributed by atoms with E-state index < -0.39 is 24.2 Å². The zero-order valence-electron chi connectivity index (χ0n) is 15.2. The Kier molecular flexibility index (Phi) is 5.07. The highest BCUT2D eigenvalue weighted by Gasteiger charge is 2.48. The third-order valence-electron chi connectivity index (χ3n) is 5.45. The first kappa shape index (κ1) is 19.6. The number of carbonyl (C=O) groups is 1. The third-order valence-corrected chi connectivity index (χ3v) is 6.79. The predicted octanol–water partition coefficient (Wildman–Crippen LogP) is 5.27. The van der Waals surface area contributed by atoms with Gasteiger partial charge in [0.05, 0.1) is 6.04 Å². The van der Waals surface area contributed by atoms with Gasteiger partial charge in [0.25, 0.3) is 5.91 Å². The van der Waals surface area contributed by atoms with E-state index in [1.165, 1.54) is 11.3 Å². The van der Waals surface area contributed by atoms with Crippen LogP contribution in [0.25, 0.3) is 0 Å². The van der Waals surface area contributed by atoms with E-state index in [-0.39, 0.29) is 29.0 Å². The molecule has 2 aromatic rings. The Balaban J connectivity index is 1.73. The number of nitrogens with one attached hydrogen (secondary N) is 1.